The lowest BCUT2D eigenvalue weighted by Crippen LogP contribution is -2.30. The Morgan fingerprint density at radius 1 is 0.667 bits per heavy atom. The third kappa shape index (κ3) is 2.84. The Hall–Kier alpha value is -4.84. The van der Waals surface area contributed by atoms with Gasteiger partial charge in [0.15, 0.2) is 10.9 Å². The molecule has 6 nitrogen and oxygen atoms in total. The van der Waals surface area contributed by atoms with E-state index in [0.717, 1.165) is 0 Å². The summed E-state index contributed by atoms with van der Waals surface area (Å²) in [4.78, 5) is 31.8. The van der Waals surface area contributed by atoms with Crippen molar-refractivity contribution in [3.05, 3.63) is 119 Å². The lowest BCUT2D eigenvalue weighted by molar-refractivity contribution is 0.478. The van der Waals surface area contributed by atoms with E-state index in [-0.39, 0.29) is 54.3 Å². The van der Waals surface area contributed by atoms with Crippen molar-refractivity contribution in [2.24, 2.45) is 4.99 Å². The third-order valence-electron chi connectivity index (χ3n) is 6.92. The number of nitrogens with zero attached hydrogens (tertiary/aromatic N) is 1. The fourth-order valence-electron chi connectivity index (χ4n) is 5.07. The van der Waals surface area contributed by atoms with Gasteiger partial charge in [0.1, 0.15) is 11.5 Å². The second-order valence-corrected chi connectivity index (χ2v) is 9.05. The number of aromatic hydroxyl groups is 2. The molecule has 4 aromatic rings. The molecule has 0 aliphatic heterocycles. The quantitative estimate of drug-likeness (QED) is 0.246. The van der Waals surface area contributed by atoms with Gasteiger partial charge in [-0.05, 0) is 31.0 Å². The van der Waals surface area contributed by atoms with Gasteiger partial charge in [-0.1, -0.05) is 60.7 Å². The first kappa shape index (κ1) is 21.7. The Balaban J connectivity index is 1.90. The minimum Gasteiger partial charge on any atom is -0.507 e. The van der Waals surface area contributed by atoms with Crippen LogP contribution in [-0.2, 0) is 0 Å². The lowest BCUT2D eigenvalue weighted by atomic mass is 9.97. The Kier molecular flexibility index (Phi) is 4.57. The van der Waals surface area contributed by atoms with Gasteiger partial charge in [0.2, 0.25) is 0 Å². The predicted molar refractivity (Wildman–Crippen MR) is 139 cm³/mol. The van der Waals surface area contributed by atoms with Gasteiger partial charge in [-0.3, -0.25) is 15.0 Å². The van der Waals surface area contributed by atoms with Crippen molar-refractivity contribution >= 4 is 38.0 Å². The number of hydrogen-bond donors (Lipinski definition) is 3. The molecule has 174 valence electrons. The molecule has 0 radical (unpaired) electrons. The van der Waals surface area contributed by atoms with Gasteiger partial charge < -0.3 is 10.2 Å². The molecule has 0 spiro atoms. The van der Waals surface area contributed by atoms with Gasteiger partial charge in [0.25, 0.3) is 0 Å². The maximum atomic E-state index is 13.6. The minimum absolute atomic E-state index is 0.00192. The van der Waals surface area contributed by atoms with Crippen LogP contribution in [0.25, 0.3) is 32.3 Å². The predicted octanol–water partition coefficient (Wildman–Crippen LogP) is 4.21. The van der Waals surface area contributed by atoms with Crippen LogP contribution in [0.15, 0.2) is 81.3 Å². The fraction of sp³-hybridized carbons (Fsp3) is 0.0667. The first-order valence-electron chi connectivity index (χ1n) is 11.4. The molecule has 0 fully saturated rings. The Bertz CT molecular complexity index is 2210. The maximum Gasteiger partial charge on any atom is 0.196 e. The van der Waals surface area contributed by atoms with Crippen LogP contribution in [0, 0.1) is 29.7 Å². The molecular formula is C30H20N2O4. The summed E-state index contributed by atoms with van der Waals surface area (Å²) in [6.45, 7) is 3.52. The molecule has 0 unspecified atom stereocenters. The van der Waals surface area contributed by atoms with Gasteiger partial charge in [-0.25, -0.2) is 4.99 Å². The monoisotopic (exact) mass is 472 g/mol. The number of fused-ring (bicyclic) bond motifs is 3. The van der Waals surface area contributed by atoms with Crippen LogP contribution >= 0.6 is 0 Å². The van der Waals surface area contributed by atoms with Gasteiger partial charge in [0.05, 0.1) is 32.2 Å². The highest BCUT2D eigenvalue weighted by molar-refractivity contribution is 6.14. The summed E-state index contributed by atoms with van der Waals surface area (Å²) in [5, 5.41) is 33.5. The van der Waals surface area contributed by atoms with E-state index < -0.39 is 0 Å². The van der Waals surface area contributed by atoms with Crippen molar-refractivity contribution in [1.29, 1.82) is 5.41 Å². The molecule has 2 aliphatic carbocycles. The molecule has 3 N–H and O–H groups in total. The SMILES string of the molecule is Cc1ccc2c(O)c3ccccc3c(O)c2c1N=c1cc(C)c(=N)c2c(=O)c3ccccc3c(=O)c1=2. The molecule has 4 aromatic carbocycles. The average molecular weight is 473 g/mol. The molecule has 0 atom stereocenters. The smallest absolute Gasteiger partial charge is 0.196 e. The van der Waals surface area contributed by atoms with Crippen molar-refractivity contribution in [2.45, 2.75) is 13.8 Å². The zero-order chi connectivity index (χ0) is 25.3. The normalized spacial score (nSPS) is 12.3. The largest absolute Gasteiger partial charge is 0.507 e. The number of nitrogens with one attached hydrogen (secondary N) is 1. The number of rotatable bonds is 1. The summed E-state index contributed by atoms with van der Waals surface area (Å²) >= 11 is 0. The zero-order valence-corrected chi connectivity index (χ0v) is 19.5. The second kappa shape index (κ2) is 7.58. The molecule has 6 heteroatoms. The number of phenolic OH excluding ortho intramolecular Hbond substituents is 2. The van der Waals surface area contributed by atoms with Crippen LogP contribution in [0.1, 0.15) is 11.1 Å². The van der Waals surface area contributed by atoms with E-state index in [2.05, 4.69) is 0 Å². The van der Waals surface area contributed by atoms with E-state index in [1.807, 2.05) is 6.92 Å². The van der Waals surface area contributed by atoms with E-state index in [0.29, 0.717) is 38.4 Å². The van der Waals surface area contributed by atoms with Gasteiger partial charge in [0, 0.05) is 26.9 Å². The maximum absolute atomic E-state index is 13.6. The number of benzene rings is 4. The van der Waals surface area contributed by atoms with Crippen molar-refractivity contribution in [3.8, 4) is 11.5 Å². The topological polar surface area (TPSA) is 111 Å². The number of aryl methyl sites for hydroxylation is 2. The van der Waals surface area contributed by atoms with Crippen LogP contribution in [0.2, 0.25) is 0 Å². The number of hydrogen-bond acceptors (Lipinski definition) is 6. The summed E-state index contributed by atoms with van der Waals surface area (Å²) in [5.41, 5.74) is 0.839. The van der Waals surface area contributed by atoms with Crippen molar-refractivity contribution in [2.75, 3.05) is 0 Å². The van der Waals surface area contributed by atoms with Crippen LogP contribution in [-0.4, -0.2) is 10.2 Å². The van der Waals surface area contributed by atoms with Gasteiger partial charge in [-0.2, -0.15) is 0 Å². The number of phenols is 2. The van der Waals surface area contributed by atoms with E-state index in [1.54, 1.807) is 73.7 Å². The van der Waals surface area contributed by atoms with Crippen LogP contribution in [0.3, 0.4) is 0 Å². The van der Waals surface area contributed by atoms with E-state index in [4.69, 9.17) is 10.4 Å². The molecule has 0 saturated carbocycles. The third-order valence-corrected chi connectivity index (χ3v) is 6.92. The molecule has 0 heterocycles. The summed E-state index contributed by atoms with van der Waals surface area (Å²) < 4.78 is 0. The van der Waals surface area contributed by atoms with Crippen LogP contribution < -0.4 is 21.6 Å². The highest BCUT2D eigenvalue weighted by Gasteiger charge is 2.18. The van der Waals surface area contributed by atoms with Crippen molar-refractivity contribution < 1.29 is 10.2 Å². The molecule has 0 bridgehead atoms. The molecule has 36 heavy (non-hydrogen) atoms. The Labute approximate surface area is 203 Å². The summed E-state index contributed by atoms with van der Waals surface area (Å²) in [6.07, 6.45) is 0. The molecule has 2 aliphatic rings. The molecule has 0 aromatic heterocycles. The highest BCUT2D eigenvalue weighted by Crippen LogP contribution is 2.46. The molecular weight excluding hydrogens is 452 g/mol. The zero-order valence-electron chi connectivity index (χ0n) is 19.5. The van der Waals surface area contributed by atoms with E-state index in [1.165, 1.54) is 0 Å². The Morgan fingerprint density at radius 3 is 1.86 bits per heavy atom. The fourth-order valence-corrected chi connectivity index (χ4v) is 5.07. The lowest BCUT2D eigenvalue weighted by Gasteiger charge is -2.13. The first-order chi connectivity index (χ1) is 17.3. The summed E-state index contributed by atoms with van der Waals surface area (Å²) in [7, 11) is 0. The minimum atomic E-state index is -0.383. The van der Waals surface area contributed by atoms with Crippen LogP contribution in [0.4, 0.5) is 5.69 Å². The molecule has 0 amide bonds. The van der Waals surface area contributed by atoms with Gasteiger partial charge >= 0.3 is 0 Å². The first-order valence-corrected chi connectivity index (χ1v) is 11.4. The van der Waals surface area contributed by atoms with Gasteiger partial charge in [-0.15, -0.1) is 0 Å². The van der Waals surface area contributed by atoms with Crippen molar-refractivity contribution in [1.82, 2.24) is 0 Å². The van der Waals surface area contributed by atoms with Crippen molar-refractivity contribution in [3.63, 3.8) is 0 Å². The molecule has 6 rings (SSSR count). The second-order valence-electron chi connectivity index (χ2n) is 9.05. The molecule has 0 saturated heterocycles. The highest BCUT2D eigenvalue weighted by atomic mass is 16.3. The van der Waals surface area contributed by atoms with Crippen LogP contribution in [0.5, 0.6) is 11.5 Å². The summed E-state index contributed by atoms with van der Waals surface area (Å²) in [6, 6.07) is 18.7. The summed E-state index contributed by atoms with van der Waals surface area (Å²) in [5.74, 6) is -0.00829. The standard InChI is InChI=1S/C30H20N2O4/c1-14-11-12-20-22(28(34)17-8-4-3-7-16(17)27(20)33)26(14)32-21-13-15(2)25(31)24-23(21)29(35)18-9-5-6-10-19(18)30(24)36/h3-13,31,33-34H,1-2H3. The van der Waals surface area contributed by atoms with E-state index >= 15 is 0 Å². The van der Waals surface area contributed by atoms with E-state index in [9.17, 15) is 19.8 Å². The Morgan fingerprint density at radius 2 is 1.22 bits per heavy atom. The average Bonchev–Trinajstić information content (AvgIpc) is 2.89.